The largest absolute Gasteiger partial charge is 0.480 e. The number of hydrogen-bond donors (Lipinski definition) is 1. The van der Waals surface area contributed by atoms with E-state index in [0.717, 1.165) is 16.4 Å². The van der Waals surface area contributed by atoms with Gasteiger partial charge in [-0.25, -0.2) is 4.79 Å². The summed E-state index contributed by atoms with van der Waals surface area (Å²) in [6, 6.07) is 0. The maximum Gasteiger partial charge on any atom is 0.329 e. The number of carboxylic acids is 1. The van der Waals surface area contributed by atoms with E-state index in [0.29, 0.717) is 0 Å². The third-order valence-electron chi connectivity index (χ3n) is 2.25. The van der Waals surface area contributed by atoms with Crippen LogP contribution in [0.1, 0.15) is 24.3 Å². The molecule has 0 aliphatic carbocycles. The molecule has 1 heterocycles. The first-order valence-electron chi connectivity index (χ1n) is 4.16. The van der Waals surface area contributed by atoms with Crippen LogP contribution < -0.4 is 0 Å². The number of amides is 1. The third kappa shape index (κ3) is 2.12. The van der Waals surface area contributed by atoms with Crippen LogP contribution in [0.4, 0.5) is 0 Å². The molecule has 1 rings (SSSR count). The van der Waals surface area contributed by atoms with E-state index in [4.69, 9.17) is 5.11 Å². The van der Waals surface area contributed by atoms with Crippen LogP contribution >= 0.6 is 11.5 Å². The number of hydrogen-bond acceptors (Lipinski definition) is 5. The molecule has 0 unspecified atom stereocenters. The average Bonchev–Trinajstić information content (AvgIpc) is 2.67. The van der Waals surface area contributed by atoms with Gasteiger partial charge in [-0.1, -0.05) is 4.49 Å². The van der Waals surface area contributed by atoms with Gasteiger partial charge in [0.05, 0.1) is 0 Å². The van der Waals surface area contributed by atoms with Gasteiger partial charge in [0.2, 0.25) is 0 Å². The highest BCUT2D eigenvalue weighted by Crippen LogP contribution is 2.15. The first-order chi connectivity index (χ1) is 6.87. The lowest BCUT2D eigenvalue weighted by atomic mass is 10.0. The molecule has 1 N–H and O–H groups in total. The molecule has 0 spiro atoms. The van der Waals surface area contributed by atoms with Gasteiger partial charge in [-0.3, -0.25) is 4.79 Å². The van der Waals surface area contributed by atoms with Crippen molar-refractivity contribution in [2.75, 3.05) is 7.05 Å². The van der Waals surface area contributed by atoms with E-state index in [2.05, 4.69) is 9.59 Å². The molecule has 1 amide bonds. The van der Waals surface area contributed by atoms with Crippen LogP contribution in [0.2, 0.25) is 0 Å². The van der Waals surface area contributed by atoms with E-state index in [1.54, 1.807) is 0 Å². The second kappa shape index (κ2) is 3.93. The molecule has 0 aliphatic rings. The van der Waals surface area contributed by atoms with E-state index in [1.807, 2.05) is 0 Å². The van der Waals surface area contributed by atoms with Gasteiger partial charge < -0.3 is 10.0 Å². The third-order valence-corrected chi connectivity index (χ3v) is 2.75. The Morgan fingerprint density at radius 1 is 1.53 bits per heavy atom. The smallest absolute Gasteiger partial charge is 0.329 e. The number of rotatable bonds is 3. The lowest BCUT2D eigenvalue weighted by molar-refractivity contribution is -0.147. The van der Waals surface area contributed by atoms with E-state index in [-0.39, 0.29) is 5.69 Å². The topological polar surface area (TPSA) is 83.4 Å². The van der Waals surface area contributed by atoms with Crippen LogP contribution in [-0.4, -0.2) is 44.1 Å². The van der Waals surface area contributed by atoms with Crippen molar-refractivity contribution in [1.82, 2.24) is 14.5 Å². The predicted molar refractivity (Wildman–Crippen MR) is 53.7 cm³/mol. The monoisotopic (exact) mass is 229 g/mol. The molecule has 0 atom stereocenters. The van der Waals surface area contributed by atoms with Gasteiger partial charge in [-0.15, -0.1) is 5.10 Å². The van der Waals surface area contributed by atoms with Gasteiger partial charge >= 0.3 is 5.97 Å². The summed E-state index contributed by atoms with van der Waals surface area (Å²) in [5, 5.41) is 14.0. The van der Waals surface area contributed by atoms with Crippen molar-refractivity contribution < 1.29 is 14.7 Å². The Kier molecular flexibility index (Phi) is 3.04. The first kappa shape index (κ1) is 11.6. The van der Waals surface area contributed by atoms with Crippen molar-refractivity contribution in [3.8, 4) is 0 Å². The molecule has 0 saturated carbocycles. The molecule has 6 nitrogen and oxygen atoms in total. The van der Waals surface area contributed by atoms with Gasteiger partial charge in [-0.2, -0.15) is 0 Å². The molecule has 7 heteroatoms. The van der Waals surface area contributed by atoms with E-state index in [9.17, 15) is 9.59 Å². The molecule has 0 aliphatic heterocycles. The minimum absolute atomic E-state index is 0.164. The fourth-order valence-corrected chi connectivity index (χ4v) is 1.26. The molecular formula is C8H11N3O3S. The fraction of sp³-hybridized carbons (Fsp3) is 0.500. The molecule has 0 bridgehead atoms. The second-order valence-electron chi connectivity index (χ2n) is 3.52. The van der Waals surface area contributed by atoms with E-state index in [1.165, 1.54) is 26.3 Å². The molecule has 0 radical (unpaired) electrons. The van der Waals surface area contributed by atoms with Crippen molar-refractivity contribution in [1.29, 1.82) is 0 Å². The molecule has 1 aromatic rings. The zero-order chi connectivity index (χ0) is 11.6. The van der Waals surface area contributed by atoms with Crippen LogP contribution in [-0.2, 0) is 4.79 Å². The lowest BCUT2D eigenvalue weighted by Crippen LogP contribution is -2.50. The highest BCUT2D eigenvalue weighted by atomic mass is 32.1. The molecule has 15 heavy (non-hydrogen) atoms. The Bertz CT molecular complexity index is 374. The minimum atomic E-state index is -1.26. The lowest BCUT2D eigenvalue weighted by Gasteiger charge is -2.30. The zero-order valence-electron chi connectivity index (χ0n) is 8.59. The highest BCUT2D eigenvalue weighted by molar-refractivity contribution is 7.03. The van der Waals surface area contributed by atoms with Crippen molar-refractivity contribution in [3.63, 3.8) is 0 Å². The normalized spacial score (nSPS) is 11.1. The molecule has 82 valence electrons. The van der Waals surface area contributed by atoms with Gasteiger partial charge in [0.15, 0.2) is 5.69 Å². The number of likely N-dealkylation sites (N-methyl/N-ethyl adjacent to an activating group) is 1. The average molecular weight is 229 g/mol. The Balaban J connectivity index is 2.91. The van der Waals surface area contributed by atoms with E-state index >= 15 is 0 Å². The maximum absolute atomic E-state index is 11.7. The Labute approximate surface area is 90.7 Å². The summed E-state index contributed by atoms with van der Waals surface area (Å²) in [6.07, 6.45) is 0. The number of aromatic nitrogens is 2. The second-order valence-corrected chi connectivity index (χ2v) is 4.13. The predicted octanol–water partition coefficient (Wildman–Crippen LogP) is 0.473. The summed E-state index contributed by atoms with van der Waals surface area (Å²) in [5.74, 6) is -1.52. The molecule has 0 aromatic carbocycles. The Hall–Kier alpha value is -1.50. The van der Waals surface area contributed by atoms with Crippen LogP contribution in [0, 0.1) is 0 Å². The number of carboxylic acid groups (broad SMARTS) is 1. The number of aliphatic carboxylic acids is 1. The summed E-state index contributed by atoms with van der Waals surface area (Å²) in [4.78, 5) is 23.8. The summed E-state index contributed by atoms with van der Waals surface area (Å²) in [6.45, 7) is 2.90. The summed E-state index contributed by atoms with van der Waals surface area (Å²) in [5.41, 5.74) is -1.10. The highest BCUT2D eigenvalue weighted by Gasteiger charge is 2.36. The number of carbonyl (C=O) groups is 2. The molecule has 1 aromatic heterocycles. The van der Waals surface area contributed by atoms with Gasteiger partial charge in [0.25, 0.3) is 5.91 Å². The molecule has 0 fully saturated rings. The standard InChI is InChI=1S/C8H11N3O3S/c1-8(2,7(13)14)11(3)6(12)5-4-15-10-9-5/h4H,1-3H3,(H,13,14). The molecule has 0 saturated heterocycles. The van der Waals surface area contributed by atoms with Gasteiger partial charge in [-0.05, 0) is 25.4 Å². The van der Waals surface area contributed by atoms with Crippen molar-refractivity contribution >= 4 is 23.4 Å². The quantitative estimate of drug-likeness (QED) is 0.814. The SMILES string of the molecule is CN(C(=O)c1csnn1)C(C)(C)C(=O)O. The maximum atomic E-state index is 11.7. The van der Waals surface area contributed by atoms with Crippen LogP contribution in [0.3, 0.4) is 0 Å². The number of carbonyl (C=O) groups excluding carboxylic acids is 1. The van der Waals surface area contributed by atoms with Gasteiger partial charge in [0, 0.05) is 12.4 Å². The van der Waals surface area contributed by atoms with Crippen LogP contribution in [0.15, 0.2) is 5.38 Å². The Morgan fingerprint density at radius 2 is 2.13 bits per heavy atom. The summed E-state index contributed by atoms with van der Waals surface area (Å²) >= 11 is 1.05. The zero-order valence-corrected chi connectivity index (χ0v) is 9.41. The van der Waals surface area contributed by atoms with Crippen molar-refractivity contribution in [2.24, 2.45) is 0 Å². The summed E-state index contributed by atoms with van der Waals surface area (Å²) in [7, 11) is 1.43. The fourth-order valence-electron chi connectivity index (χ4n) is 0.827. The van der Waals surface area contributed by atoms with Crippen LogP contribution in [0.25, 0.3) is 0 Å². The number of nitrogens with zero attached hydrogens (tertiary/aromatic N) is 3. The van der Waals surface area contributed by atoms with Crippen LogP contribution in [0.5, 0.6) is 0 Å². The van der Waals surface area contributed by atoms with Gasteiger partial charge in [0.1, 0.15) is 5.54 Å². The van der Waals surface area contributed by atoms with Crippen molar-refractivity contribution in [3.05, 3.63) is 11.1 Å². The van der Waals surface area contributed by atoms with E-state index < -0.39 is 17.4 Å². The molecular weight excluding hydrogens is 218 g/mol. The first-order valence-corrected chi connectivity index (χ1v) is 4.99. The minimum Gasteiger partial charge on any atom is -0.480 e. The summed E-state index contributed by atoms with van der Waals surface area (Å²) < 4.78 is 3.55. The Morgan fingerprint density at radius 3 is 2.53 bits per heavy atom. The van der Waals surface area contributed by atoms with Crippen molar-refractivity contribution in [2.45, 2.75) is 19.4 Å².